The van der Waals surface area contributed by atoms with Crippen LogP contribution >= 0.6 is 15.9 Å². The van der Waals surface area contributed by atoms with Crippen molar-refractivity contribution in [3.05, 3.63) is 75.2 Å². The van der Waals surface area contributed by atoms with Crippen LogP contribution in [0.3, 0.4) is 0 Å². The standard InChI is InChI=1S/C50H63BrO16/c1-24-23-50-29(20-31(24)45(55)56)13-10-8-7-9-12-28-16-17-30-32(49(28,5)48(59)66-43(44(50)54)47(58)67-50)14-11-15-35(30)63-38-21-34(52)42(27(4)62-38)65-39-22-37(41(53)26(3)61-39)64-46(57)40-25(2)33(51)18-19-36(40)60-6/h10,13,16-20,24,26-30,32,34-35,37-39,41-42,52-54H,7-9,11-12,14-15,21-23H2,1-6H3,(H,55,56)/t24-,26-,27-,28-,29-,30+,32-,34-,35+,37-,38+,39+,41-,42-,49-,50+/m1/s1. The molecule has 3 fully saturated rings. The maximum atomic E-state index is 14.8. The minimum atomic E-state index is -1.62. The molecule has 1 aromatic rings. The van der Waals surface area contributed by atoms with Gasteiger partial charge in [0.1, 0.15) is 29.6 Å². The molecular weight excluding hydrogens is 936 g/mol. The molecule has 1 aromatic carbocycles. The molecule has 16 nitrogen and oxygen atoms in total. The van der Waals surface area contributed by atoms with Gasteiger partial charge in [0, 0.05) is 41.1 Å². The summed E-state index contributed by atoms with van der Waals surface area (Å²) < 4.78 is 49.3. The van der Waals surface area contributed by atoms with Gasteiger partial charge in [-0.1, -0.05) is 66.1 Å². The number of ether oxygens (including phenoxy) is 8. The molecule has 366 valence electrons. The topological polar surface area (TPSA) is 223 Å². The number of methoxy groups -OCH3 is 1. The number of esters is 3. The minimum absolute atomic E-state index is 0.00628. The average molecular weight is 1000 g/mol. The van der Waals surface area contributed by atoms with Crippen LogP contribution < -0.4 is 4.74 Å². The van der Waals surface area contributed by atoms with Gasteiger partial charge in [-0.2, -0.15) is 0 Å². The Morgan fingerprint density at radius 2 is 1.66 bits per heavy atom. The van der Waals surface area contributed by atoms with Crippen molar-refractivity contribution in [2.75, 3.05) is 7.11 Å². The zero-order valence-corrected chi connectivity index (χ0v) is 40.3. The van der Waals surface area contributed by atoms with Crippen LogP contribution in [0.5, 0.6) is 5.75 Å². The molecule has 0 radical (unpaired) electrons. The van der Waals surface area contributed by atoms with Gasteiger partial charge < -0.3 is 58.3 Å². The van der Waals surface area contributed by atoms with Crippen LogP contribution in [0.1, 0.15) is 108 Å². The Hall–Kier alpha value is -4.10. The lowest BCUT2D eigenvalue weighted by Crippen LogP contribution is -2.56. The van der Waals surface area contributed by atoms with E-state index in [0.717, 1.165) is 19.3 Å². The minimum Gasteiger partial charge on any atom is -0.505 e. The highest BCUT2D eigenvalue weighted by Crippen LogP contribution is 2.55. The maximum Gasteiger partial charge on any atom is 0.379 e. The smallest absolute Gasteiger partial charge is 0.379 e. The lowest BCUT2D eigenvalue weighted by Gasteiger charge is -2.51. The van der Waals surface area contributed by atoms with Gasteiger partial charge in [-0.05, 0) is 95.2 Å². The Bertz CT molecular complexity index is 2210. The number of aliphatic hydroxyl groups excluding tert-OH is 3. The van der Waals surface area contributed by atoms with Crippen molar-refractivity contribution in [1.82, 2.24) is 0 Å². The number of allylic oxidation sites excluding steroid dienone is 2. The Morgan fingerprint density at radius 1 is 0.910 bits per heavy atom. The average Bonchev–Trinajstić information content (AvgIpc) is 3.50. The molecule has 3 aliphatic carbocycles. The van der Waals surface area contributed by atoms with Crippen molar-refractivity contribution >= 4 is 39.8 Å². The molecule has 2 bridgehead atoms. The fourth-order valence-corrected chi connectivity index (χ4v) is 12.0. The van der Waals surface area contributed by atoms with E-state index in [9.17, 15) is 39.6 Å². The van der Waals surface area contributed by atoms with E-state index in [0.29, 0.717) is 41.5 Å². The molecule has 16 atom stereocenters. The first-order valence-corrected chi connectivity index (χ1v) is 24.4. The Kier molecular flexibility index (Phi) is 14.5. The molecule has 1 spiro atoms. The van der Waals surface area contributed by atoms with E-state index in [4.69, 9.17) is 37.9 Å². The second-order valence-corrected chi connectivity index (χ2v) is 20.4. The molecule has 0 unspecified atom stereocenters. The first kappa shape index (κ1) is 49.3. The highest BCUT2D eigenvalue weighted by molar-refractivity contribution is 9.10. The van der Waals surface area contributed by atoms with E-state index in [-0.39, 0.29) is 48.2 Å². The first-order valence-electron chi connectivity index (χ1n) is 23.6. The molecule has 8 rings (SSSR count). The molecular formula is C50H63BrO16. The summed E-state index contributed by atoms with van der Waals surface area (Å²) in [5.74, 6) is -6.30. The van der Waals surface area contributed by atoms with Gasteiger partial charge in [-0.15, -0.1) is 0 Å². The van der Waals surface area contributed by atoms with Crippen LogP contribution in [0.15, 0.2) is 64.1 Å². The second-order valence-electron chi connectivity index (χ2n) is 19.5. The fourth-order valence-electron chi connectivity index (χ4n) is 11.7. The van der Waals surface area contributed by atoms with Gasteiger partial charge in [0.15, 0.2) is 23.9 Å². The molecule has 4 aliphatic heterocycles. The summed E-state index contributed by atoms with van der Waals surface area (Å²) in [5, 5.41) is 44.3. The van der Waals surface area contributed by atoms with Crippen molar-refractivity contribution in [2.45, 2.75) is 160 Å². The predicted molar refractivity (Wildman–Crippen MR) is 241 cm³/mol. The summed E-state index contributed by atoms with van der Waals surface area (Å²) in [4.78, 5) is 54.0. The zero-order chi connectivity index (χ0) is 48.1. The molecule has 2 saturated heterocycles. The number of benzene rings is 1. The van der Waals surface area contributed by atoms with Crippen molar-refractivity contribution in [3.8, 4) is 5.75 Å². The molecule has 7 aliphatic rings. The van der Waals surface area contributed by atoms with E-state index >= 15 is 0 Å². The number of hydrogen-bond donors (Lipinski definition) is 4. The summed E-state index contributed by atoms with van der Waals surface area (Å²) in [6, 6.07) is 3.42. The van der Waals surface area contributed by atoms with Crippen LogP contribution in [0, 0.1) is 41.9 Å². The number of halogens is 1. The third-order valence-electron chi connectivity index (χ3n) is 15.5. The normalized spacial score (nSPS) is 40.0. The van der Waals surface area contributed by atoms with Crippen LogP contribution in [-0.2, 0) is 47.5 Å². The number of aliphatic hydroxyl groups is 3. The Morgan fingerprint density at radius 3 is 2.39 bits per heavy atom. The summed E-state index contributed by atoms with van der Waals surface area (Å²) in [5.41, 5.74) is -1.75. The van der Waals surface area contributed by atoms with Crippen molar-refractivity contribution in [2.24, 2.45) is 35.0 Å². The van der Waals surface area contributed by atoms with Gasteiger partial charge >= 0.3 is 23.9 Å². The van der Waals surface area contributed by atoms with Crippen molar-refractivity contribution < 1.29 is 77.5 Å². The van der Waals surface area contributed by atoms with Crippen LogP contribution in [-0.4, -0.2) is 112 Å². The number of hydrogen-bond acceptors (Lipinski definition) is 15. The maximum absolute atomic E-state index is 14.8. The number of carbonyl (C=O) groups excluding carboxylic acids is 3. The number of aliphatic carboxylic acids is 1. The van der Waals surface area contributed by atoms with E-state index in [1.165, 1.54) is 13.2 Å². The lowest BCUT2D eigenvalue weighted by atomic mass is 9.55. The van der Waals surface area contributed by atoms with E-state index in [1.807, 2.05) is 13.0 Å². The summed E-state index contributed by atoms with van der Waals surface area (Å²) in [6.45, 7) is 8.74. The third-order valence-corrected chi connectivity index (χ3v) is 16.3. The summed E-state index contributed by atoms with van der Waals surface area (Å²) >= 11 is 3.45. The van der Waals surface area contributed by atoms with Gasteiger partial charge in [0.2, 0.25) is 0 Å². The highest BCUT2D eigenvalue weighted by atomic mass is 79.9. The van der Waals surface area contributed by atoms with Gasteiger partial charge in [-0.3, -0.25) is 4.79 Å². The van der Waals surface area contributed by atoms with E-state index in [1.54, 1.807) is 45.9 Å². The number of rotatable bonds is 8. The molecule has 0 amide bonds. The monoisotopic (exact) mass is 998 g/mol. The summed E-state index contributed by atoms with van der Waals surface area (Å²) in [6.07, 6.45) is 6.73. The number of carboxylic acids is 1. The SMILES string of the molecule is COc1ccc(Br)c(C)c1C(=O)O[C@@H]1C[C@H](O[C@H]2[C@H](O)C[C@H](O[C@H]3CCC[C@@H]4[C@@H]3C=C[C@H]3CCCCC=C[C@@H]5C=C(C(=O)O)[C@H](C)C[C@]56OC(=O)C(=C6O)OC(=O)[C@@]43C)O[C@@H]2C)O[C@H](C)[C@H]1O. The first-order chi connectivity index (χ1) is 31.9. The Labute approximate surface area is 398 Å². The van der Waals surface area contributed by atoms with Crippen LogP contribution in [0.25, 0.3) is 0 Å². The third kappa shape index (κ3) is 9.26. The Balaban J connectivity index is 0.952. The van der Waals surface area contributed by atoms with Crippen molar-refractivity contribution in [1.29, 1.82) is 0 Å². The zero-order valence-electron chi connectivity index (χ0n) is 38.8. The largest absolute Gasteiger partial charge is 0.505 e. The number of carbonyl (C=O) groups is 4. The van der Waals surface area contributed by atoms with Crippen molar-refractivity contribution in [3.63, 3.8) is 0 Å². The van der Waals surface area contributed by atoms with Crippen LogP contribution in [0.4, 0.5) is 0 Å². The number of carboxylic acid groups (broad SMARTS) is 1. The summed E-state index contributed by atoms with van der Waals surface area (Å²) in [7, 11) is 1.46. The molecule has 0 aromatic heterocycles. The molecule has 4 heterocycles. The van der Waals surface area contributed by atoms with E-state index < -0.39 is 114 Å². The van der Waals surface area contributed by atoms with Crippen LogP contribution in [0.2, 0.25) is 0 Å². The van der Waals surface area contributed by atoms with Gasteiger partial charge in [0.25, 0.3) is 5.76 Å². The molecule has 1 saturated carbocycles. The highest BCUT2D eigenvalue weighted by Gasteiger charge is 2.60. The van der Waals surface area contributed by atoms with Gasteiger partial charge in [0.05, 0.1) is 36.9 Å². The second kappa shape index (κ2) is 19.7. The lowest BCUT2D eigenvalue weighted by molar-refractivity contribution is -0.318. The van der Waals surface area contributed by atoms with E-state index in [2.05, 4.69) is 28.1 Å². The quantitative estimate of drug-likeness (QED) is 0.116. The fraction of sp³-hybridized carbons (Fsp3) is 0.640. The molecule has 17 heteroatoms. The number of fused-ring (bicyclic) bond motifs is 3. The molecule has 4 N–H and O–H groups in total. The van der Waals surface area contributed by atoms with Gasteiger partial charge in [-0.25, -0.2) is 14.4 Å². The molecule has 67 heavy (non-hydrogen) atoms. The predicted octanol–water partition coefficient (Wildman–Crippen LogP) is 7.07.